The van der Waals surface area contributed by atoms with E-state index in [1.54, 1.807) is 0 Å². The summed E-state index contributed by atoms with van der Waals surface area (Å²) in [5, 5.41) is 3.30. The van der Waals surface area contributed by atoms with E-state index in [1.165, 1.54) is 12.8 Å². The number of hydrogen-bond donors (Lipinski definition) is 1. The van der Waals surface area contributed by atoms with Crippen LogP contribution in [0, 0.1) is 0 Å². The SMILES string of the molecule is C=C(Cc1ccccn1)NCCCC. The fraction of sp³-hybridized carbons (Fsp3) is 0.417. The van der Waals surface area contributed by atoms with Crippen molar-refractivity contribution in [3.05, 3.63) is 42.4 Å². The van der Waals surface area contributed by atoms with Gasteiger partial charge in [0.05, 0.1) is 0 Å². The third-order valence-corrected chi connectivity index (χ3v) is 2.03. The molecule has 0 saturated carbocycles. The van der Waals surface area contributed by atoms with Gasteiger partial charge in [0, 0.05) is 30.6 Å². The standard InChI is InChI=1S/C12H18N2/c1-3-4-8-13-11(2)10-12-7-5-6-9-14-12/h5-7,9,13H,2-4,8,10H2,1H3. The van der Waals surface area contributed by atoms with Crippen molar-refractivity contribution in [1.29, 1.82) is 0 Å². The summed E-state index contributed by atoms with van der Waals surface area (Å²) < 4.78 is 0. The maximum absolute atomic E-state index is 4.25. The van der Waals surface area contributed by atoms with E-state index in [1.807, 2.05) is 24.4 Å². The molecule has 0 fully saturated rings. The van der Waals surface area contributed by atoms with E-state index < -0.39 is 0 Å². The van der Waals surface area contributed by atoms with Gasteiger partial charge in [-0.05, 0) is 18.6 Å². The van der Waals surface area contributed by atoms with E-state index in [4.69, 9.17) is 0 Å². The molecule has 0 atom stereocenters. The Balaban J connectivity index is 2.27. The van der Waals surface area contributed by atoms with Gasteiger partial charge in [-0.1, -0.05) is 26.0 Å². The van der Waals surface area contributed by atoms with Gasteiger partial charge in [-0.25, -0.2) is 0 Å². The maximum Gasteiger partial charge on any atom is 0.0461 e. The summed E-state index contributed by atoms with van der Waals surface area (Å²) in [6.45, 7) is 7.17. The van der Waals surface area contributed by atoms with E-state index in [2.05, 4.69) is 23.8 Å². The molecule has 0 saturated heterocycles. The summed E-state index contributed by atoms with van der Waals surface area (Å²) in [6.07, 6.45) is 5.05. The van der Waals surface area contributed by atoms with Gasteiger partial charge in [0.2, 0.25) is 0 Å². The minimum Gasteiger partial charge on any atom is -0.389 e. The van der Waals surface area contributed by atoms with Crippen molar-refractivity contribution in [3.8, 4) is 0 Å². The second-order valence-electron chi connectivity index (χ2n) is 3.38. The topological polar surface area (TPSA) is 24.9 Å². The van der Waals surface area contributed by atoms with Gasteiger partial charge in [0.25, 0.3) is 0 Å². The molecule has 76 valence electrons. The first-order valence-electron chi connectivity index (χ1n) is 5.14. The van der Waals surface area contributed by atoms with Gasteiger partial charge in [-0.3, -0.25) is 4.98 Å². The zero-order chi connectivity index (χ0) is 10.2. The summed E-state index contributed by atoms with van der Waals surface area (Å²) in [7, 11) is 0. The predicted octanol–water partition coefficient (Wildman–Crippen LogP) is 2.53. The van der Waals surface area contributed by atoms with E-state index in [-0.39, 0.29) is 0 Å². The average molecular weight is 190 g/mol. The van der Waals surface area contributed by atoms with Crippen LogP contribution in [0.15, 0.2) is 36.7 Å². The molecular weight excluding hydrogens is 172 g/mol. The van der Waals surface area contributed by atoms with Crippen LogP contribution in [0.3, 0.4) is 0 Å². The minimum absolute atomic E-state index is 0.824. The number of rotatable bonds is 6. The fourth-order valence-corrected chi connectivity index (χ4v) is 1.23. The molecule has 0 amide bonds. The van der Waals surface area contributed by atoms with Gasteiger partial charge in [-0.2, -0.15) is 0 Å². The van der Waals surface area contributed by atoms with Crippen molar-refractivity contribution < 1.29 is 0 Å². The van der Waals surface area contributed by atoms with Gasteiger partial charge in [0.15, 0.2) is 0 Å². The van der Waals surface area contributed by atoms with Crippen LogP contribution in [0.2, 0.25) is 0 Å². The lowest BCUT2D eigenvalue weighted by atomic mass is 10.2. The zero-order valence-corrected chi connectivity index (χ0v) is 8.79. The molecule has 1 aromatic rings. The van der Waals surface area contributed by atoms with Crippen LogP contribution in [0.25, 0.3) is 0 Å². The molecule has 2 nitrogen and oxygen atoms in total. The lowest BCUT2D eigenvalue weighted by Crippen LogP contribution is -2.15. The summed E-state index contributed by atoms with van der Waals surface area (Å²) in [5.74, 6) is 0. The number of pyridine rings is 1. The smallest absolute Gasteiger partial charge is 0.0461 e. The Labute approximate surface area is 86.1 Å². The van der Waals surface area contributed by atoms with E-state index >= 15 is 0 Å². The molecular formula is C12H18N2. The number of nitrogens with zero attached hydrogens (tertiary/aromatic N) is 1. The summed E-state index contributed by atoms with van der Waals surface area (Å²) in [4.78, 5) is 4.25. The average Bonchev–Trinajstić information content (AvgIpc) is 2.20. The molecule has 1 aromatic heterocycles. The molecule has 0 aliphatic heterocycles. The van der Waals surface area contributed by atoms with Crippen LogP contribution in [-0.2, 0) is 6.42 Å². The first-order chi connectivity index (χ1) is 6.83. The lowest BCUT2D eigenvalue weighted by molar-refractivity contribution is 0.697. The van der Waals surface area contributed by atoms with Crippen LogP contribution in [0.5, 0.6) is 0 Å². The highest BCUT2D eigenvalue weighted by molar-refractivity contribution is 5.11. The Kier molecular flexibility index (Phi) is 4.76. The third kappa shape index (κ3) is 4.08. The highest BCUT2D eigenvalue weighted by Gasteiger charge is 1.96. The van der Waals surface area contributed by atoms with Crippen LogP contribution in [-0.4, -0.2) is 11.5 Å². The molecule has 0 aliphatic carbocycles. The van der Waals surface area contributed by atoms with Crippen LogP contribution < -0.4 is 5.32 Å². The highest BCUT2D eigenvalue weighted by Crippen LogP contribution is 2.00. The Hall–Kier alpha value is -1.31. The molecule has 1 N–H and O–H groups in total. The van der Waals surface area contributed by atoms with Crippen molar-refractivity contribution in [2.24, 2.45) is 0 Å². The number of hydrogen-bond acceptors (Lipinski definition) is 2. The van der Waals surface area contributed by atoms with Crippen molar-refractivity contribution in [3.63, 3.8) is 0 Å². The van der Waals surface area contributed by atoms with Crippen molar-refractivity contribution in [2.75, 3.05) is 6.54 Å². The second kappa shape index (κ2) is 6.19. The summed E-state index contributed by atoms with van der Waals surface area (Å²) >= 11 is 0. The normalized spacial score (nSPS) is 9.79. The molecule has 0 unspecified atom stereocenters. The fourth-order valence-electron chi connectivity index (χ4n) is 1.23. The highest BCUT2D eigenvalue weighted by atomic mass is 14.9. The number of unbranched alkanes of at least 4 members (excludes halogenated alkanes) is 1. The molecule has 1 rings (SSSR count). The molecule has 2 heteroatoms. The first kappa shape index (κ1) is 10.8. The van der Waals surface area contributed by atoms with Gasteiger partial charge in [0.1, 0.15) is 0 Å². The third-order valence-electron chi connectivity index (χ3n) is 2.03. The molecule has 1 heterocycles. The first-order valence-corrected chi connectivity index (χ1v) is 5.14. The minimum atomic E-state index is 0.824. The van der Waals surface area contributed by atoms with Crippen LogP contribution in [0.4, 0.5) is 0 Å². The Morgan fingerprint density at radius 2 is 2.36 bits per heavy atom. The number of nitrogens with one attached hydrogen (secondary N) is 1. The number of allylic oxidation sites excluding steroid dienone is 1. The monoisotopic (exact) mass is 190 g/mol. The van der Waals surface area contributed by atoms with E-state index in [9.17, 15) is 0 Å². The largest absolute Gasteiger partial charge is 0.389 e. The zero-order valence-electron chi connectivity index (χ0n) is 8.79. The van der Waals surface area contributed by atoms with Gasteiger partial charge in [-0.15, -0.1) is 0 Å². The van der Waals surface area contributed by atoms with Crippen molar-refractivity contribution >= 4 is 0 Å². The van der Waals surface area contributed by atoms with Gasteiger partial charge < -0.3 is 5.32 Å². The molecule has 0 aliphatic rings. The van der Waals surface area contributed by atoms with Crippen LogP contribution in [0.1, 0.15) is 25.5 Å². The maximum atomic E-state index is 4.25. The Bertz CT molecular complexity index is 267. The van der Waals surface area contributed by atoms with Crippen molar-refractivity contribution in [1.82, 2.24) is 10.3 Å². The summed E-state index contributed by atoms with van der Waals surface area (Å²) in [6, 6.07) is 5.95. The lowest BCUT2D eigenvalue weighted by Gasteiger charge is -2.07. The second-order valence-corrected chi connectivity index (χ2v) is 3.38. The Morgan fingerprint density at radius 1 is 1.50 bits per heavy atom. The van der Waals surface area contributed by atoms with Crippen LogP contribution >= 0.6 is 0 Å². The predicted molar refractivity (Wildman–Crippen MR) is 60.0 cm³/mol. The van der Waals surface area contributed by atoms with E-state index in [0.717, 1.165) is 24.4 Å². The summed E-state index contributed by atoms with van der Waals surface area (Å²) in [5.41, 5.74) is 2.12. The molecule has 0 bridgehead atoms. The molecule has 0 spiro atoms. The number of aromatic nitrogens is 1. The van der Waals surface area contributed by atoms with E-state index in [0.29, 0.717) is 0 Å². The molecule has 14 heavy (non-hydrogen) atoms. The quantitative estimate of drug-likeness (QED) is 0.697. The van der Waals surface area contributed by atoms with Crippen molar-refractivity contribution in [2.45, 2.75) is 26.2 Å². The molecule has 0 radical (unpaired) electrons. The van der Waals surface area contributed by atoms with Gasteiger partial charge >= 0.3 is 0 Å². The molecule has 0 aromatic carbocycles. The Morgan fingerprint density at radius 3 is 3.00 bits per heavy atom.